The molecule has 1 rings (SSSR count). The fourth-order valence-electron chi connectivity index (χ4n) is 1.78. The topological polar surface area (TPSA) is 67.8 Å². The smallest absolute Gasteiger partial charge is 0.320 e. The van der Waals surface area contributed by atoms with Crippen LogP contribution in [0.5, 0.6) is 11.5 Å². The molecule has 0 saturated carbocycles. The lowest BCUT2D eigenvalue weighted by Crippen LogP contribution is -2.36. The Morgan fingerprint density at radius 1 is 1.40 bits per heavy atom. The van der Waals surface area contributed by atoms with Crippen LogP contribution in [0.3, 0.4) is 0 Å². The first-order chi connectivity index (χ1) is 9.62. The number of nitrogens with one attached hydrogen (secondary N) is 1. The molecule has 0 spiro atoms. The molecule has 1 aromatic rings. The van der Waals surface area contributed by atoms with Crippen molar-refractivity contribution in [1.82, 2.24) is 5.32 Å². The summed E-state index contributed by atoms with van der Waals surface area (Å²) in [7, 11) is 3.18. The van der Waals surface area contributed by atoms with Gasteiger partial charge < -0.3 is 19.9 Å². The molecule has 0 fully saturated rings. The maximum absolute atomic E-state index is 11.2. The van der Waals surface area contributed by atoms with Crippen LogP contribution in [0.15, 0.2) is 18.2 Å². The Balaban J connectivity index is 2.69. The summed E-state index contributed by atoms with van der Waals surface area (Å²) in [4.78, 5) is 11.2. The highest BCUT2D eigenvalue weighted by Gasteiger charge is 2.16. The van der Waals surface area contributed by atoms with E-state index in [4.69, 9.17) is 14.6 Å². The lowest BCUT2D eigenvalue weighted by atomic mass is 10.1. The SMILES string of the molecule is COc1ccc(CN[C@H](CCSC)C(=O)O)c(OC)c1. The monoisotopic (exact) mass is 299 g/mol. The third kappa shape index (κ3) is 4.94. The van der Waals surface area contributed by atoms with Gasteiger partial charge in [-0.3, -0.25) is 4.79 Å². The Labute approximate surface area is 123 Å². The van der Waals surface area contributed by atoms with Crippen molar-refractivity contribution in [2.75, 3.05) is 26.2 Å². The minimum absolute atomic E-state index is 0.443. The molecule has 0 aliphatic heterocycles. The summed E-state index contributed by atoms with van der Waals surface area (Å²) in [6.45, 7) is 0.443. The van der Waals surface area contributed by atoms with Gasteiger partial charge >= 0.3 is 5.97 Å². The van der Waals surface area contributed by atoms with Gasteiger partial charge in [0.05, 0.1) is 14.2 Å². The molecule has 0 heterocycles. The summed E-state index contributed by atoms with van der Waals surface area (Å²) in [5.74, 6) is 1.38. The number of thioether (sulfide) groups is 1. The number of carboxylic acid groups (broad SMARTS) is 1. The Hall–Kier alpha value is -1.40. The second-order valence-electron chi connectivity index (χ2n) is 4.23. The minimum atomic E-state index is -0.827. The van der Waals surface area contributed by atoms with Crippen molar-refractivity contribution >= 4 is 17.7 Å². The molecule has 20 heavy (non-hydrogen) atoms. The van der Waals surface area contributed by atoms with E-state index < -0.39 is 12.0 Å². The Bertz CT molecular complexity index is 439. The van der Waals surface area contributed by atoms with Crippen LogP contribution in [-0.2, 0) is 11.3 Å². The highest BCUT2D eigenvalue weighted by atomic mass is 32.2. The summed E-state index contributed by atoms with van der Waals surface area (Å²) < 4.78 is 10.4. The van der Waals surface area contributed by atoms with Crippen molar-refractivity contribution in [3.8, 4) is 11.5 Å². The van der Waals surface area contributed by atoms with Crippen molar-refractivity contribution in [2.45, 2.75) is 19.0 Å². The number of aliphatic carboxylic acids is 1. The van der Waals surface area contributed by atoms with Gasteiger partial charge in [-0.2, -0.15) is 11.8 Å². The molecule has 1 aromatic carbocycles. The van der Waals surface area contributed by atoms with Gasteiger partial charge in [0.1, 0.15) is 17.5 Å². The maximum Gasteiger partial charge on any atom is 0.320 e. The number of carboxylic acids is 1. The summed E-state index contributed by atoms with van der Waals surface area (Å²) in [6.07, 6.45) is 2.56. The van der Waals surface area contributed by atoms with E-state index in [2.05, 4.69) is 5.32 Å². The van der Waals surface area contributed by atoms with Crippen molar-refractivity contribution in [1.29, 1.82) is 0 Å². The lowest BCUT2D eigenvalue weighted by molar-refractivity contribution is -0.139. The van der Waals surface area contributed by atoms with E-state index in [1.165, 1.54) is 0 Å². The number of ether oxygens (including phenoxy) is 2. The van der Waals surface area contributed by atoms with Gasteiger partial charge in [0.2, 0.25) is 0 Å². The summed E-state index contributed by atoms with van der Waals surface area (Å²) >= 11 is 1.64. The molecule has 112 valence electrons. The molecule has 6 heteroatoms. The van der Waals surface area contributed by atoms with Crippen LogP contribution in [0.2, 0.25) is 0 Å². The predicted molar refractivity (Wildman–Crippen MR) is 80.8 cm³/mol. The normalized spacial score (nSPS) is 11.9. The second kappa shape index (κ2) is 8.71. The van der Waals surface area contributed by atoms with Gasteiger partial charge in [0.25, 0.3) is 0 Å². The summed E-state index contributed by atoms with van der Waals surface area (Å²) in [5, 5.41) is 12.2. The van der Waals surface area contributed by atoms with Crippen LogP contribution >= 0.6 is 11.8 Å². The zero-order chi connectivity index (χ0) is 15.0. The molecule has 0 bridgehead atoms. The highest BCUT2D eigenvalue weighted by molar-refractivity contribution is 7.98. The second-order valence-corrected chi connectivity index (χ2v) is 5.22. The molecule has 0 radical (unpaired) electrons. The number of methoxy groups -OCH3 is 2. The Kier molecular flexibility index (Phi) is 7.25. The third-order valence-electron chi connectivity index (χ3n) is 2.94. The lowest BCUT2D eigenvalue weighted by Gasteiger charge is -2.16. The molecule has 0 aliphatic rings. The van der Waals surface area contributed by atoms with Crippen LogP contribution in [-0.4, -0.2) is 43.3 Å². The van der Waals surface area contributed by atoms with Gasteiger partial charge in [-0.25, -0.2) is 0 Å². The highest BCUT2D eigenvalue weighted by Crippen LogP contribution is 2.24. The first kappa shape index (κ1) is 16.7. The van der Waals surface area contributed by atoms with Gasteiger partial charge in [0.15, 0.2) is 0 Å². The van der Waals surface area contributed by atoms with Gasteiger partial charge in [-0.05, 0) is 24.5 Å². The van der Waals surface area contributed by atoms with Crippen LogP contribution in [0, 0.1) is 0 Å². The molecular formula is C14H21NO4S. The molecule has 2 N–H and O–H groups in total. The molecule has 0 aliphatic carbocycles. The van der Waals surface area contributed by atoms with E-state index >= 15 is 0 Å². The number of rotatable bonds is 9. The number of carbonyl (C=O) groups is 1. The minimum Gasteiger partial charge on any atom is -0.497 e. The molecule has 5 nitrogen and oxygen atoms in total. The number of hydrogen-bond acceptors (Lipinski definition) is 5. The maximum atomic E-state index is 11.2. The molecule has 0 saturated heterocycles. The van der Waals surface area contributed by atoms with Crippen LogP contribution in [0.1, 0.15) is 12.0 Å². The van der Waals surface area contributed by atoms with E-state index in [1.54, 1.807) is 32.0 Å². The van der Waals surface area contributed by atoms with Crippen molar-refractivity contribution < 1.29 is 19.4 Å². The zero-order valence-corrected chi connectivity index (χ0v) is 12.8. The Morgan fingerprint density at radius 3 is 2.70 bits per heavy atom. The average molecular weight is 299 g/mol. The first-order valence-corrected chi connectivity index (χ1v) is 7.67. The van der Waals surface area contributed by atoms with Crippen LogP contribution < -0.4 is 14.8 Å². The van der Waals surface area contributed by atoms with E-state index in [1.807, 2.05) is 18.4 Å². The summed E-state index contributed by atoms with van der Waals surface area (Å²) in [6, 6.07) is 4.94. The quantitative estimate of drug-likeness (QED) is 0.727. The van der Waals surface area contributed by atoms with Crippen LogP contribution in [0.4, 0.5) is 0 Å². The van der Waals surface area contributed by atoms with E-state index in [9.17, 15) is 4.79 Å². The van der Waals surface area contributed by atoms with E-state index in [0.29, 0.717) is 24.5 Å². The van der Waals surface area contributed by atoms with E-state index in [-0.39, 0.29) is 0 Å². The van der Waals surface area contributed by atoms with Gasteiger partial charge in [0, 0.05) is 18.2 Å². The Morgan fingerprint density at radius 2 is 2.15 bits per heavy atom. The van der Waals surface area contributed by atoms with E-state index in [0.717, 1.165) is 11.3 Å². The third-order valence-corrected chi connectivity index (χ3v) is 3.59. The van der Waals surface area contributed by atoms with Crippen molar-refractivity contribution in [2.24, 2.45) is 0 Å². The molecule has 0 amide bonds. The summed E-state index contributed by atoms with van der Waals surface area (Å²) in [5.41, 5.74) is 0.906. The van der Waals surface area contributed by atoms with Gasteiger partial charge in [-0.1, -0.05) is 6.07 Å². The van der Waals surface area contributed by atoms with Crippen molar-refractivity contribution in [3.63, 3.8) is 0 Å². The van der Waals surface area contributed by atoms with Crippen LogP contribution in [0.25, 0.3) is 0 Å². The number of benzene rings is 1. The standard InChI is InChI=1S/C14H21NO4S/c1-18-11-5-4-10(13(8-11)19-2)9-15-12(14(16)17)6-7-20-3/h4-5,8,12,15H,6-7,9H2,1-3H3,(H,16,17)/t12-/m1/s1. The molecule has 1 atom stereocenters. The fourth-order valence-corrected chi connectivity index (χ4v) is 2.25. The van der Waals surface area contributed by atoms with Crippen molar-refractivity contribution in [3.05, 3.63) is 23.8 Å². The zero-order valence-electron chi connectivity index (χ0n) is 12.0. The first-order valence-electron chi connectivity index (χ1n) is 6.28. The molecule has 0 unspecified atom stereocenters. The molecule has 0 aromatic heterocycles. The predicted octanol–water partition coefficient (Wildman–Crippen LogP) is 2.00. The molecular weight excluding hydrogens is 278 g/mol. The fraction of sp³-hybridized carbons (Fsp3) is 0.500. The largest absolute Gasteiger partial charge is 0.497 e. The average Bonchev–Trinajstić information content (AvgIpc) is 2.46. The van der Waals surface area contributed by atoms with Gasteiger partial charge in [-0.15, -0.1) is 0 Å². The number of hydrogen-bond donors (Lipinski definition) is 2.